The van der Waals surface area contributed by atoms with E-state index in [1.807, 2.05) is 6.07 Å². The second kappa shape index (κ2) is 4.61. The van der Waals surface area contributed by atoms with E-state index in [-0.39, 0.29) is 22.5 Å². The summed E-state index contributed by atoms with van der Waals surface area (Å²) in [6.07, 6.45) is 4.75. The van der Waals surface area contributed by atoms with Crippen LogP contribution < -0.4 is 5.32 Å². The SMILES string of the molecule is CCC1(CNc2nccc(C#N)c2[N+](=O)[O-])CC1. The Morgan fingerprint density at radius 1 is 1.67 bits per heavy atom. The number of nitriles is 1. The number of aromatic nitrogens is 1. The molecule has 1 aliphatic rings. The predicted molar refractivity (Wildman–Crippen MR) is 66.1 cm³/mol. The van der Waals surface area contributed by atoms with Gasteiger partial charge in [0.25, 0.3) is 0 Å². The zero-order valence-corrected chi connectivity index (χ0v) is 10.1. The average molecular weight is 246 g/mol. The number of rotatable bonds is 5. The minimum absolute atomic E-state index is 0.0406. The van der Waals surface area contributed by atoms with Crippen LogP contribution in [0.25, 0.3) is 0 Å². The quantitative estimate of drug-likeness (QED) is 0.636. The van der Waals surface area contributed by atoms with Crippen LogP contribution in [-0.2, 0) is 0 Å². The van der Waals surface area contributed by atoms with Crippen molar-refractivity contribution in [3.63, 3.8) is 0 Å². The Hall–Kier alpha value is -2.16. The van der Waals surface area contributed by atoms with Gasteiger partial charge in [-0.25, -0.2) is 4.98 Å². The Labute approximate surface area is 105 Å². The number of hydrogen-bond donors (Lipinski definition) is 1. The zero-order valence-electron chi connectivity index (χ0n) is 10.1. The van der Waals surface area contributed by atoms with Crippen molar-refractivity contribution in [1.29, 1.82) is 5.26 Å². The molecule has 0 bridgehead atoms. The Balaban J connectivity index is 2.22. The fraction of sp³-hybridized carbons (Fsp3) is 0.500. The summed E-state index contributed by atoms with van der Waals surface area (Å²) in [6, 6.07) is 3.18. The van der Waals surface area contributed by atoms with Gasteiger partial charge in [-0.2, -0.15) is 5.26 Å². The summed E-state index contributed by atoms with van der Waals surface area (Å²) < 4.78 is 0. The fourth-order valence-corrected chi connectivity index (χ4v) is 1.96. The van der Waals surface area contributed by atoms with Gasteiger partial charge in [-0.05, 0) is 30.7 Å². The van der Waals surface area contributed by atoms with Crippen LogP contribution >= 0.6 is 0 Å². The van der Waals surface area contributed by atoms with Crippen LogP contribution in [0.3, 0.4) is 0 Å². The second-order valence-corrected chi connectivity index (χ2v) is 4.63. The van der Waals surface area contributed by atoms with Gasteiger partial charge < -0.3 is 5.32 Å². The second-order valence-electron chi connectivity index (χ2n) is 4.63. The van der Waals surface area contributed by atoms with Crippen molar-refractivity contribution in [2.45, 2.75) is 26.2 Å². The standard InChI is InChI=1S/C12H14N4O2/c1-2-12(4-5-12)8-15-11-10(16(17)18)9(7-13)3-6-14-11/h3,6H,2,4-5,8H2,1H3,(H,14,15). The maximum absolute atomic E-state index is 11.0. The molecule has 0 radical (unpaired) electrons. The van der Waals surface area contributed by atoms with Crippen molar-refractivity contribution in [2.24, 2.45) is 5.41 Å². The lowest BCUT2D eigenvalue weighted by molar-refractivity contribution is -0.384. The molecular formula is C12H14N4O2. The van der Waals surface area contributed by atoms with Gasteiger partial charge in [-0.3, -0.25) is 10.1 Å². The van der Waals surface area contributed by atoms with E-state index in [0.717, 1.165) is 19.3 Å². The predicted octanol–water partition coefficient (Wildman–Crippen LogP) is 2.46. The third-order valence-corrected chi connectivity index (χ3v) is 3.57. The molecule has 18 heavy (non-hydrogen) atoms. The van der Waals surface area contributed by atoms with Crippen molar-refractivity contribution in [2.75, 3.05) is 11.9 Å². The maximum Gasteiger partial charge on any atom is 0.328 e. The highest BCUT2D eigenvalue weighted by molar-refractivity contribution is 5.64. The summed E-state index contributed by atoms with van der Waals surface area (Å²) in [5.74, 6) is 0.193. The lowest BCUT2D eigenvalue weighted by Crippen LogP contribution is -2.16. The molecule has 0 atom stereocenters. The number of pyridine rings is 1. The highest BCUT2D eigenvalue weighted by Gasteiger charge is 2.40. The molecule has 0 amide bonds. The number of hydrogen-bond acceptors (Lipinski definition) is 5. The first-order valence-electron chi connectivity index (χ1n) is 5.89. The van der Waals surface area contributed by atoms with Gasteiger partial charge in [0.15, 0.2) is 0 Å². The van der Waals surface area contributed by atoms with Crippen LogP contribution in [0.2, 0.25) is 0 Å². The van der Waals surface area contributed by atoms with E-state index in [2.05, 4.69) is 17.2 Å². The minimum Gasteiger partial charge on any atom is -0.364 e. The van der Waals surface area contributed by atoms with Gasteiger partial charge in [0, 0.05) is 12.7 Å². The van der Waals surface area contributed by atoms with Gasteiger partial charge in [-0.1, -0.05) is 6.92 Å². The summed E-state index contributed by atoms with van der Waals surface area (Å²) in [4.78, 5) is 14.4. The number of anilines is 1. The molecule has 0 unspecified atom stereocenters. The molecule has 0 aromatic carbocycles. The largest absolute Gasteiger partial charge is 0.364 e. The van der Waals surface area contributed by atoms with Crippen molar-refractivity contribution >= 4 is 11.5 Å². The van der Waals surface area contributed by atoms with E-state index in [9.17, 15) is 10.1 Å². The maximum atomic E-state index is 11.0. The number of nitrogens with one attached hydrogen (secondary N) is 1. The Bertz CT molecular complexity index is 517. The Morgan fingerprint density at radius 3 is 2.89 bits per heavy atom. The van der Waals surface area contributed by atoms with E-state index >= 15 is 0 Å². The third-order valence-electron chi connectivity index (χ3n) is 3.57. The molecule has 1 heterocycles. The minimum atomic E-state index is -0.556. The average Bonchev–Trinajstić information content (AvgIpc) is 3.16. The van der Waals surface area contributed by atoms with Gasteiger partial charge >= 0.3 is 5.69 Å². The van der Waals surface area contributed by atoms with Crippen LogP contribution in [0.5, 0.6) is 0 Å². The topological polar surface area (TPSA) is 91.8 Å². The zero-order chi connectivity index (χ0) is 13.2. The smallest absolute Gasteiger partial charge is 0.328 e. The van der Waals surface area contributed by atoms with Crippen LogP contribution in [0.4, 0.5) is 11.5 Å². The van der Waals surface area contributed by atoms with Crippen LogP contribution in [0.1, 0.15) is 31.7 Å². The molecule has 1 aromatic heterocycles. The van der Waals surface area contributed by atoms with E-state index < -0.39 is 4.92 Å². The normalized spacial score (nSPS) is 15.8. The molecule has 1 aliphatic carbocycles. The highest BCUT2D eigenvalue weighted by atomic mass is 16.6. The number of nitrogens with zero attached hydrogens (tertiary/aromatic N) is 3. The highest BCUT2D eigenvalue weighted by Crippen LogP contribution is 2.48. The van der Waals surface area contributed by atoms with Crippen molar-refractivity contribution in [3.8, 4) is 6.07 Å². The Morgan fingerprint density at radius 2 is 2.39 bits per heavy atom. The van der Waals surface area contributed by atoms with Crippen molar-refractivity contribution in [3.05, 3.63) is 27.9 Å². The van der Waals surface area contributed by atoms with E-state index in [4.69, 9.17) is 5.26 Å². The van der Waals surface area contributed by atoms with Gasteiger partial charge in [-0.15, -0.1) is 0 Å². The number of nitro groups is 1. The Kier molecular flexibility index (Phi) is 3.15. The van der Waals surface area contributed by atoms with Crippen molar-refractivity contribution < 1.29 is 4.92 Å². The lowest BCUT2D eigenvalue weighted by atomic mass is 10.0. The monoisotopic (exact) mass is 246 g/mol. The summed E-state index contributed by atoms with van der Waals surface area (Å²) in [5, 5.41) is 22.9. The lowest BCUT2D eigenvalue weighted by Gasteiger charge is -2.13. The van der Waals surface area contributed by atoms with Crippen LogP contribution in [0, 0.1) is 26.9 Å². The molecule has 0 aliphatic heterocycles. The molecule has 6 nitrogen and oxygen atoms in total. The molecule has 2 rings (SSSR count). The van der Waals surface area contributed by atoms with Crippen LogP contribution in [0.15, 0.2) is 12.3 Å². The van der Waals surface area contributed by atoms with E-state index in [1.54, 1.807) is 0 Å². The van der Waals surface area contributed by atoms with Gasteiger partial charge in [0.2, 0.25) is 5.82 Å². The fourth-order valence-electron chi connectivity index (χ4n) is 1.96. The van der Waals surface area contributed by atoms with E-state index in [0.29, 0.717) is 6.54 Å². The molecule has 1 aromatic rings. The van der Waals surface area contributed by atoms with Crippen LogP contribution in [-0.4, -0.2) is 16.5 Å². The third kappa shape index (κ3) is 2.25. The first kappa shape index (κ1) is 12.3. The summed E-state index contributed by atoms with van der Waals surface area (Å²) in [7, 11) is 0. The van der Waals surface area contributed by atoms with Crippen molar-refractivity contribution in [1.82, 2.24) is 4.98 Å². The molecule has 1 fully saturated rings. The molecule has 6 heteroatoms. The summed E-state index contributed by atoms with van der Waals surface area (Å²) in [6.45, 7) is 2.79. The molecule has 94 valence electrons. The van der Waals surface area contributed by atoms with E-state index in [1.165, 1.54) is 12.3 Å². The molecule has 0 spiro atoms. The summed E-state index contributed by atoms with van der Waals surface area (Å²) in [5.41, 5.74) is 0.0730. The summed E-state index contributed by atoms with van der Waals surface area (Å²) >= 11 is 0. The molecule has 1 saturated carbocycles. The van der Waals surface area contributed by atoms with Gasteiger partial charge in [0.05, 0.1) is 4.92 Å². The molecule has 1 N–H and O–H groups in total. The molecular weight excluding hydrogens is 232 g/mol. The van der Waals surface area contributed by atoms with Gasteiger partial charge in [0.1, 0.15) is 11.6 Å². The first-order valence-corrected chi connectivity index (χ1v) is 5.89. The first-order chi connectivity index (χ1) is 8.62. The molecule has 0 saturated heterocycles.